The van der Waals surface area contributed by atoms with Gasteiger partial charge >= 0.3 is 0 Å². The first kappa shape index (κ1) is 14.4. The van der Waals surface area contributed by atoms with E-state index in [1.165, 1.54) is 21.9 Å². The zero-order chi connectivity index (χ0) is 14.8. The molecule has 1 atom stereocenters. The third-order valence-corrected chi connectivity index (χ3v) is 4.48. The SMILES string of the molecule is Cc1ccc(Cl)cc1C(Cl)Cc1cccc2ccccc12. The molecule has 0 spiro atoms. The van der Waals surface area contributed by atoms with Crippen molar-refractivity contribution < 1.29 is 0 Å². The third kappa shape index (κ3) is 3.07. The summed E-state index contributed by atoms with van der Waals surface area (Å²) in [6.07, 6.45) is 0.796. The van der Waals surface area contributed by atoms with Gasteiger partial charge in [0.1, 0.15) is 0 Å². The van der Waals surface area contributed by atoms with Crippen molar-refractivity contribution in [1.82, 2.24) is 0 Å². The van der Waals surface area contributed by atoms with Gasteiger partial charge in [0, 0.05) is 5.02 Å². The molecule has 0 aliphatic carbocycles. The van der Waals surface area contributed by atoms with Crippen molar-refractivity contribution in [3.05, 3.63) is 82.4 Å². The van der Waals surface area contributed by atoms with E-state index >= 15 is 0 Å². The Labute approximate surface area is 135 Å². The van der Waals surface area contributed by atoms with Crippen LogP contribution in [0.15, 0.2) is 60.7 Å². The molecule has 0 bridgehead atoms. The molecule has 0 N–H and O–H groups in total. The number of alkyl halides is 1. The number of aryl methyl sites for hydroxylation is 1. The zero-order valence-electron chi connectivity index (χ0n) is 11.8. The fourth-order valence-corrected chi connectivity index (χ4v) is 3.30. The van der Waals surface area contributed by atoms with E-state index in [1.807, 2.05) is 18.2 Å². The fourth-order valence-electron chi connectivity index (χ4n) is 2.72. The van der Waals surface area contributed by atoms with Gasteiger partial charge in [0.05, 0.1) is 5.38 Å². The Morgan fingerprint density at radius 2 is 1.71 bits per heavy atom. The van der Waals surface area contributed by atoms with E-state index in [0.29, 0.717) is 0 Å². The van der Waals surface area contributed by atoms with Crippen LogP contribution in [0.5, 0.6) is 0 Å². The van der Waals surface area contributed by atoms with E-state index in [9.17, 15) is 0 Å². The summed E-state index contributed by atoms with van der Waals surface area (Å²) in [5, 5.41) is 3.18. The van der Waals surface area contributed by atoms with Crippen LogP contribution in [0.4, 0.5) is 0 Å². The van der Waals surface area contributed by atoms with Crippen molar-refractivity contribution in [2.24, 2.45) is 0 Å². The average Bonchev–Trinajstić information content (AvgIpc) is 2.50. The van der Waals surface area contributed by atoms with Crippen molar-refractivity contribution in [2.45, 2.75) is 18.7 Å². The highest BCUT2D eigenvalue weighted by atomic mass is 35.5. The Bertz CT molecular complexity index is 772. The number of hydrogen-bond acceptors (Lipinski definition) is 0. The molecule has 0 nitrogen and oxygen atoms in total. The van der Waals surface area contributed by atoms with Crippen LogP contribution in [0.25, 0.3) is 10.8 Å². The Morgan fingerprint density at radius 1 is 0.952 bits per heavy atom. The third-order valence-electron chi connectivity index (χ3n) is 3.86. The van der Waals surface area contributed by atoms with Crippen LogP contribution in [0.2, 0.25) is 5.02 Å². The van der Waals surface area contributed by atoms with Crippen molar-refractivity contribution in [2.75, 3.05) is 0 Å². The Kier molecular flexibility index (Phi) is 4.19. The minimum Gasteiger partial charge on any atom is -0.117 e. The van der Waals surface area contributed by atoms with Crippen molar-refractivity contribution in [3.8, 4) is 0 Å². The van der Waals surface area contributed by atoms with Gasteiger partial charge in [0.15, 0.2) is 0 Å². The largest absolute Gasteiger partial charge is 0.117 e. The first-order chi connectivity index (χ1) is 10.1. The first-order valence-electron chi connectivity index (χ1n) is 7.02. The summed E-state index contributed by atoms with van der Waals surface area (Å²) < 4.78 is 0. The topological polar surface area (TPSA) is 0 Å². The predicted octanol–water partition coefficient (Wildman–Crippen LogP) is 6.32. The van der Waals surface area contributed by atoms with Crippen LogP contribution in [-0.2, 0) is 6.42 Å². The molecule has 0 fully saturated rings. The summed E-state index contributed by atoms with van der Waals surface area (Å²) in [5.74, 6) is 0. The molecule has 3 aromatic carbocycles. The maximum absolute atomic E-state index is 6.66. The van der Waals surface area contributed by atoms with Crippen molar-refractivity contribution in [3.63, 3.8) is 0 Å². The molecule has 0 saturated heterocycles. The van der Waals surface area contributed by atoms with Gasteiger partial charge in [-0.05, 0) is 52.9 Å². The van der Waals surface area contributed by atoms with Gasteiger partial charge in [0.25, 0.3) is 0 Å². The van der Waals surface area contributed by atoms with Gasteiger partial charge in [-0.2, -0.15) is 0 Å². The minimum absolute atomic E-state index is 0.0745. The summed E-state index contributed by atoms with van der Waals surface area (Å²) in [4.78, 5) is 0. The second-order valence-electron chi connectivity index (χ2n) is 5.31. The summed E-state index contributed by atoms with van der Waals surface area (Å²) in [5.41, 5.74) is 3.56. The van der Waals surface area contributed by atoms with Crippen LogP contribution < -0.4 is 0 Å². The molecular formula is C19H16Cl2. The standard InChI is InChI=1S/C19H16Cl2/c1-13-9-10-16(20)12-18(13)19(21)11-15-7-4-6-14-5-2-3-8-17(14)15/h2-10,12,19H,11H2,1H3. The van der Waals surface area contributed by atoms with Gasteiger partial charge in [-0.25, -0.2) is 0 Å². The average molecular weight is 315 g/mol. The summed E-state index contributed by atoms with van der Waals surface area (Å²) in [7, 11) is 0. The van der Waals surface area contributed by atoms with Gasteiger partial charge in [-0.15, -0.1) is 11.6 Å². The lowest BCUT2D eigenvalue weighted by molar-refractivity contribution is 0.917. The van der Waals surface area contributed by atoms with E-state index in [1.54, 1.807) is 0 Å². The lowest BCUT2D eigenvalue weighted by Crippen LogP contribution is -1.99. The Balaban J connectivity index is 1.96. The number of fused-ring (bicyclic) bond motifs is 1. The van der Waals surface area contributed by atoms with Gasteiger partial charge < -0.3 is 0 Å². The van der Waals surface area contributed by atoms with Crippen LogP contribution in [0.1, 0.15) is 22.1 Å². The molecule has 2 heteroatoms. The molecular weight excluding hydrogens is 299 g/mol. The molecule has 0 aromatic heterocycles. The highest BCUT2D eigenvalue weighted by molar-refractivity contribution is 6.30. The molecule has 0 saturated carbocycles. The molecule has 0 amide bonds. The molecule has 0 aliphatic rings. The number of rotatable bonds is 3. The van der Waals surface area contributed by atoms with Gasteiger partial charge in [0.2, 0.25) is 0 Å². The maximum atomic E-state index is 6.66. The molecule has 106 valence electrons. The summed E-state index contributed by atoms with van der Waals surface area (Å²) in [6.45, 7) is 2.07. The monoisotopic (exact) mass is 314 g/mol. The molecule has 0 aliphatic heterocycles. The molecule has 3 aromatic rings. The van der Waals surface area contributed by atoms with Crippen LogP contribution in [0, 0.1) is 6.92 Å². The maximum Gasteiger partial charge on any atom is 0.0628 e. The Hall–Kier alpha value is -1.50. The lowest BCUT2D eigenvalue weighted by atomic mass is 9.96. The van der Waals surface area contributed by atoms with Gasteiger partial charge in [-0.3, -0.25) is 0 Å². The number of hydrogen-bond donors (Lipinski definition) is 0. The first-order valence-corrected chi connectivity index (χ1v) is 7.83. The molecule has 1 unspecified atom stereocenters. The predicted molar refractivity (Wildman–Crippen MR) is 92.4 cm³/mol. The van der Waals surface area contributed by atoms with E-state index in [0.717, 1.165) is 17.0 Å². The molecule has 0 radical (unpaired) electrons. The number of benzene rings is 3. The van der Waals surface area contributed by atoms with Crippen LogP contribution in [-0.4, -0.2) is 0 Å². The zero-order valence-corrected chi connectivity index (χ0v) is 13.3. The highest BCUT2D eigenvalue weighted by Gasteiger charge is 2.13. The Morgan fingerprint density at radius 3 is 2.57 bits per heavy atom. The summed E-state index contributed by atoms with van der Waals surface area (Å²) >= 11 is 12.8. The van der Waals surface area contributed by atoms with E-state index < -0.39 is 0 Å². The normalized spacial score (nSPS) is 12.5. The van der Waals surface area contributed by atoms with Crippen molar-refractivity contribution in [1.29, 1.82) is 0 Å². The quantitative estimate of drug-likeness (QED) is 0.496. The summed E-state index contributed by atoms with van der Waals surface area (Å²) in [6, 6.07) is 20.7. The fraction of sp³-hybridized carbons (Fsp3) is 0.158. The van der Waals surface area contributed by atoms with Crippen LogP contribution in [0.3, 0.4) is 0 Å². The second kappa shape index (κ2) is 6.09. The molecule has 3 rings (SSSR count). The van der Waals surface area contributed by atoms with E-state index in [4.69, 9.17) is 23.2 Å². The van der Waals surface area contributed by atoms with Crippen molar-refractivity contribution >= 4 is 34.0 Å². The van der Waals surface area contributed by atoms with E-state index in [-0.39, 0.29) is 5.38 Å². The van der Waals surface area contributed by atoms with Crippen LogP contribution >= 0.6 is 23.2 Å². The van der Waals surface area contributed by atoms with E-state index in [2.05, 4.69) is 49.4 Å². The molecule has 0 heterocycles. The smallest absolute Gasteiger partial charge is 0.0628 e. The minimum atomic E-state index is -0.0745. The highest BCUT2D eigenvalue weighted by Crippen LogP contribution is 2.31. The number of halogens is 2. The molecule has 21 heavy (non-hydrogen) atoms. The lowest BCUT2D eigenvalue weighted by Gasteiger charge is -2.15. The van der Waals surface area contributed by atoms with Gasteiger partial charge in [-0.1, -0.05) is 60.1 Å². The second-order valence-corrected chi connectivity index (χ2v) is 6.27.